The summed E-state index contributed by atoms with van der Waals surface area (Å²) in [6.07, 6.45) is 6.55. The Bertz CT molecular complexity index is 504. The Morgan fingerprint density at radius 3 is 2.48 bits per heavy atom. The van der Waals surface area contributed by atoms with Gasteiger partial charge < -0.3 is 10.2 Å². The second-order valence-electron chi connectivity index (χ2n) is 6.51. The van der Waals surface area contributed by atoms with Crippen LogP contribution in [0.4, 0.5) is 5.69 Å². The van der Waals surface area contributed by atoms with Gasteiger partial charge in [-0.15, -0.1) is 0 Å². The molecule has 0 radical (unpaired) electrons. The Labute approximate surface area is 128 Å². The van der Waals surface area contributed by atoms with Crippen LogP contribution in [-0.4, -0.2) is 25.5 Å². The lowest BCUT2D eigenvalue weighted by Crippen LogP contribution is -2.48. The van der Waals surface area contributed by atoms with Gasteiger partial charge in [0.2, 0.25) is 5.91 Å². The van der Waals surface area contributed by atoms with E-state index in [1.165, 1.54) is 24.8 Å². The van der Waals surface area contributed by atoms with E-state index in [1.807, 2.05) is 19.0 Å². The summed E-state index contributed by atoms with van der Waals surface area (Å²) in [5.41, 5.74) is 3.42. The fourth-order valence-corrected chi connectivity index (χ4v) is 3.47. The topological polar surface area (TPSA) is 32.3 Å². The molecule has 3 heteroatoms. The van der Waals surface area contributed by atoms with Gasteiger partial charge in [-0.25, -0.2) is 0 Å². The minimum absolute atomic E-state index is 0.00218. The van der Waals surface area contributed by atoms with E-state index in [0.717, 1.165) is 24.1 Å². The SMILES string of the molecule is CNC1(CC(=O)N(C)c2ccc(C)cc2C)CCCCC1. The molecule has 0 saturated heterocycles. The fraction of sp³-hybridized carbons (Fsp3) is 0.611. The number of hydrogen-bond acceptors (Lipinski definition) is 2. The smallest absolute Gasteiger partial charge is 0.228 e. The Hall–Kier alpha value is -1.35. The van der Waals surface area contributed by atoms with Gasteiger partial charge in [0.05, 0.1) is 0 Å². The maximum Gasteiger partial charge on any atom is 0.228 e. The fourth-order valence-electron chi connectivity index (χ4n) is 3.47. The van der Waals surface area contributed by atoms with E-state index in [4.69, 9.17) is 0 Å². The lowest BCUT2D eigenvalue weighted by Gasteiger charge is -2.37. The van der Waals surface area contributed by atoms with E-state index < -0.39 is 0 Å². The lowest BCUT2D eigenvalue weighted by molar-refractivity contribution is -0.120. The molecule has 0 heterocycles. The normalized spacial score (nSPS) is 17.5. The quantitative estimate of drug-likeness (QED) is 0.918. The molecule has 1 aliphatic carbocycles. The van der Waals surface area contributed by atoms with Crippen LogP contribution in [0, 0.1) is 13.8 Å². The summed E-state index contributed by atoms with van der Waals surface area (Å²) in [5.74, 6) is 0.207. The number of nitrogens with one attached hydrogen (secondary N) is 1. The largest absolute Gasteiger partial charge is 0.315 e. The van der Waals surface area contributed by atoms with Crippen LogP contribution in [0.5, 0.6) is 0 Å². The Kier molecular flexibility index (Phi) is 5.04. The number of amides is 1. The van der Waals surface area contributed by atoms with Gasteiger partial charge in [-0.1, -0.05) is 37.0 Å². The van der Waals surface area contributed by atoms with Crippen molar-refractivity contribution in [1.82, 2.24) is 5.32 Å². The summed E-state index contributed by atoms with van der Waals surface area (Å²) in [7, 11) is 3.89. The van der Waals surface area contributed by atoms with Crippen LogP contribution in [0.3, 0.4) is 0 Å². The average Bonchev–Trinajstić information content (AvgIpc) is 2.47. The lowest BCUT2D eigenvalue weighted by atomic mass is 9.79. The van der Waals surface area contributed by atoms with Crippen LogP contribution < -0.4 is 10.2 Å². The highest BCUT2D eigenvalue weighted by Crippen LogP contribution is 2.32. The number of benzene rings is 1. The highest BCUT2D eigenvalue weighted by molar-refractivity contribution is 5.94. The molecule has 0 bridgehead atoms. The molecule has 1 aromatic carbocycles. The first-order chi connectivity index (χ1) is 9.97. The van der Waals surface area contributed by atoms with E-state index >= 15 is 0 Å². The number of carbonyl (C=O) groups excluding carboxylic acids is 1. The second-order valence-corrected chi connectivity index (χ2v) is 6.51. The molecule has 1 fully saturated rings. The van der Waals surface area contributed by atoms with Crippen LogP contribution in [0.15, 0.2) is 18.2 Å². The molecular weight excluding hydrogens is 260 g/mol. The third-order valence-corrected chi connectivity index (χ3v) is 4.92. The number of rotatable bonds is 4. The van der Waals surface area contributed by atoms with Crippen molar-refractivity contribution in [3.8, 4) is 0 Å². The Morgan fingerprint density at radius 1 is 1.24 bits per heavy atom. The first-order valence-corrected chi connectivity index (χ1v) is 8.00. The predicted octanol–water partition coefficient (Wildman–Crippen LogP) is 3.58. The van der Waals surface area contributed by atoms with Gasteiger partial charge >= 0.3 is 0 Å². The zero-order chi connectivity index (χ0) is 15.5. The van der Waals surface area contributed by atoms with Gasteiger partial charge in [0.1, 0.15) is 0 Å². The van der Waals surface area contributed by atoms with Crippen LogP contribution in [0.2, 0.25) is 0 Å². The van der Waals surface area contributed by atoms with Crippen LogP contribution in [0.25, 0.3) is 0 Å². The average molecular weight is 288 g/mol. The molecule has 21 heavy (non-hydrogen) atoms. The number of hydrogen-bond donors (Lipinski definition) is 1. The van der Waals surface area contributed by atoms with Gasteiger partial charge in [0.25, 0.3) is 0 Å². The molecule has 0 spiro atoms. The van der Waals surface area contributed by atoms with E-state index in [-0.39, 0.29) is 11.4 Å². The van der Waals surface area contributed by atoms with Gasteiger partial charge in [0.15, 0.2) is 0 Å². The molecule has 1 saturated carbocycles. The molecule has 116 valence electrons. The van der Waals surface area contributed by atoms with Crippen molar-refractivity contribution < 1.29 is 4.79 Å². The number of anilines is 1. The summed E-state index contributed by atoms with van der Waals surface area (Å²) < 4.78 is 0. The minimum Gasteiger partial charge on any atom is -0.315 e. The van der Waals surface area contributed by atoms with Crippen molar-refractivity contribution in [2.24, 2.45) is 0 Å². The van der Waals surface area contributed by atoms with Gasteiger partial charge in [-0.3, -0.25) is 4.79 Å². The van der Waals surface area contributed by atoms with E-state index in [2.05, 4.69) is 37.4 Å². The molecule has 0 atom stereocenters. The molecule has 3 nitrogen and oxygen atoms in total. The zero-order valence-corrected chi connectivity index (χ0v) is 13.8. The molecule has 2 rings (SSSR count). The zero-order valence-electron chi connectivity index (χ0n) is 13.8. The summed E-state index contributed by atoms with van der Waals surface area (Å²) in [4.78, 5) is 14.5. The highest BCUT2D eigenvalue weighted by Gasteiger charge is 2.33. The van der Waals surface area contributed by atoms with Gasteiger partial charge in [-0.05, 0) is 45.4 Å². The van der Waals surface area contributed by atoms with Crippen molar-refractivity contribution in [3.05, 3.63) is 29.3 Å². The summed E-state index contributed by atoms with van der Waals surface area (Å²) >= 11 is 0. The molecule has 1 N–H and O–H groups in total. The number of carbonyl (C=O) groups is 1. The van der Waals surface area contributed by atoms with E-state index in [1.54, 1.807) is 0 Å². The number of aryl methyl sites for hydroxylation is 2. The van der Waals surface area contributed by atoms with Gasteiger partial charge in [0, 0.05) is 24.7 Å². The monoisotopic (exact) mass is 288 g/mol. The third-order valence-electron chi connectivity index (χ3n) is 4.92. The summed E-state index contributed by atoms with van der Waals surface area (Å²) in [5, 5.41) is 3.43. The predicted molar refractivity (Wildman–Crippen MR) is 88.8 cm³/mol. The molecule has 1 amide bonds. The molecule has 1 aliphatic rings. The second kappa shape index (κ2) is 6.61. The molecule has 0 aliphatic heterocycles. The summed E-state index contributed by atoms with van der Waals surface area (Å²) in [6, 6.07) is 6.25. The molecular formula is C18H28N2O. The molecule has 1 aromatic rings. The standard InChI is InChI=1S/C18H28N2O/c1-14-8-9-16(15(2)12-14)20(4)17(21)13-18(19-3)10-6-5-7-11-18/h8-9,12,19H,5-7,10-11,13H2,1-4H3. The van der Waals surface area contributed by atoms with E-state index in [9.17, 15) is 4.79 Å². The highest BCUT2D eigenvalue weighted by atomic mass is 16.2. The maximum atomic E-state index is 12.7. The van der Waals surface area contributed by atoms with Crippen molar-refractivity contribution in [1.29, 1.82) is 0 Å². The van der Waals surface area contributed by atoms with Crippen LogP contribution >= 0.6 is 0 Å². The summed E-state index contributed by atoms with van der Waals surface area (Å²) in [6.45, 7) is 4.15. The minimum atomic E-state index is 0.00218. The van der Waals surface area contributed by atoms with Crippen LogP contribution in [0.1, 0.15) is 49.7 Å². The first kappa shape index (κ1) is 16.0. The van der Waals surface area contributed by atoms with Gasteiger partial charge in [-0.2, -0.15) is 0 Å². The van der Waals surface area contributed by atoms with Crippen molar-refractivity contribution in [2.45, 2.75) is 57.9 Å². The maximum absolute atomic E-state index is 12.7. The third kappa shape index (κ3) is 3.65. The Morgan fingerprint density at radius 2 is 1.90 bits per heavy atom. The van der Waals surface area contributed by atoms with Crippen molar-refractivity contribution >= 4 is 11.6 Å². The molecule has 0 aromatic heterocycles. The van der Waals surface area contributed by atoms with E-state index in [0.29, 0.717) is 6.42 Å². The van der Waals surface area contributed by atoms with Crippen molar-refractivity contribution in [3.63, 3.8) is 0 Å². The van der Waals surface area contributed by atoms with Crippen LogP contribution in [-0.2, 0) is 4.79 Å². The van der Waals surface area contributed by atoms with Crippen molar-refractivity contribution in [2.75, 3.05) is 19.0 Å². The molecule has 0 unspecified atom stereocenters. The first-order valence-electron chi connectivity index (χ1n) is 8.00. The number of nitrogens with zero attached hydrogens (tertiary/aromatic N) is 1. The Balaban J connectivity index is 2.11.